The van der Waals surface area contributed by atoms with Gasteiger partial charge in [0.1, 0.15) is 17.5 Å². The van der Waals surface area contributed by atoms with E-state index in [4.69, 9.17) is 4.98 Å². The normalized spacial score (nSPS) is 33.3. The SMILES string of the molecule is OC12CC3CC(C1)C(Nc1nc(Nc4ccn[nH]4)cc4ncccc14)C(C3)C2. The van der Waals surface area contributed by atoms with Crippen LogP contribution in [0.5, 0.6) is 0 Å². The number of nitrogens with one attached hydrogen (secondary N) is 3. The topological polar surface area (TPSA) is 98.7 Å². The van der Waals surface area contributed by atoms with Crippen molar-refractivity contribution >= 4 is 28.4 Å². The molecule has 28 heavy (non-hydrogen) atoms. The van der Waals surface area contributed by atoms with E-state index in [2.05, 4.69) is 31.9 Å². The molecule has 4 bridgehead atoms. The number of H-pyrrole nitrogens is 1. The molecule has 0 aromatic carbocycles. The van der Waals surface area contributed by atoms with Crippen molar-refractivity contribution in [2.45, 2.75) is 43.7 Å². The average Bonchev–Trinajstić information content (AvgIpc) is 3.16. The minimum Gasteiger partial charge on any atom is -0.390 e. The monoisotopic (exact) mass is 376 g/mol. The molecule has 3 heterocycles. The van der Waals surface area contributed by atoms with Gasteiger partial charge in [0.2, 0.25) is 0 Å². The molecule has 4 aliphatic carbocycles. The first-order valence-electron chi connectivity index (χ1n) is 10.2. The first kappa shape index (κ1) is 16.3. The third-order valence-corrected chi connectivity index (χ3v) is 6.91. The van der Waals surface area contributed by atoms with Crippen molar-refractivity contribution in [2.24, 2.45) is 17.8 Å². The minimum atomic E-state index is -0.421. The molecule has 144 valence electrons. The summed E-state index contributed by atoms with van der Waals surface area (Å²) in [7, 11) is 0. The molecule has 4 saturated carbocycles. The van der Waals surface area contributed by atoms with Gasteiger partial charge in [-0.15, -0.1) is 0 Å². The summed E-state index contributed by atoms with van der Waals surface area (Å²) in [5.74, 6) is 4.14. The Hall–Kier alpha value is -2.67. The van der Waals surface area contributed by atoms with E-state index in [1.54, 1.807) is 6.20 Å². The number of aromatic amines is 1. The molecular formula is C21H24N6O. The zero-order chi connectivity index (χ0) is 18.7. The van der Waals surface area contributed by atoms with E-state index in [0.29, 0.717) is 23.8 Å². The highest BCUT2D eigenvalue weighted by atomic mass is 16.3. The Kier molecular flexibility index (Phi) is 3.44. The second-order valence-corrected chi connectivity index (χ2v) is 8.89. The summed E-state index contributed by atoms with van der Waals surface area (Å²) in [5.41, 5.74) is 0.486. The van der Waals surface area contributed by atoms with Gasteiger partial charge in [0, 0.05) is 29.8 Å². The summed E-state index contributed by atoms with van der Waals surface area (Å²) in [6.07, 6.45) is 8.79. The lowest BCUT2D eigenvalue weighted by molar-refractivity contribution is -0.129. The molecule has 0 radical (unpaired) electrons. The number of hydrogen-bond acceptors (Lipinski definition) is 6. The minimum absolute atomic E-state index is 0.370. The van der Waals surface area contributed by atoms with E-state index < -0.39 is 5.60 Å². The number of pyridine rings is 2. The van der Waals surface area contributed by atoms with Gasteiger partial charge >= 0.3 is 0 Å². The van der Waals surface area contributed by atoms with Gasteiger partial charge in [0.05, 0.1) is 17.3 Å². The molecule has 0 amide bonds. The van der Waals surface area contributed by atoms with E-state index in [9.17, 15) is 5.11 Å². The van der Waals surface area contributed by atoms with Gasteiger partial charge in [-0.3, -0.25) is 10.1 Å². The van der Waals surface area contributed by atoms with Crippen LogP contribution < -0.4 is 10.6 Å². The molecule has 7 nitrogen and oxygen atoms in total. The van der Waals surface area contributed by atoms with Gasteiger partial charge in [0.15, 0.2) is 0 Å². The predicted octanol–water partition coefficient (Wildman–Crippen LogP) is 3.45. The fourth-order valence-electron chi connectivity index (χ4n) is 6.09. The maximum absolute atomic E-state index is 10.9. The molecule has 3 aromatic rings. The Morgan fingerprint density at radius 2 is 1.96 bits per heavy atom. The Morgan fingerprint density at radius 1 is 1.11 bits per heavy atom. The summed E-state index contributed by atoms with van der Waals surface area (Å²) >= 11 is 0. The van der Waals surface area contributed by atoms with E-state index in [0.717, 1.165) is 47.6 Å². The Labute approximate surface area is 163 Å². The maximum atomic E-state index is 10.9. The molecule has 4 aliphatic rings. The van der Waals surface area contributed by atoms with Gasteiger partial charge in [-0.2, -0.15) is 5.10 Å². The molecule has 7 heteroatoms. The molecular weight excluding hydrogens is 352 g/mol. The number of rotatable bonds is 4. The largest absolute Gasteiger partial charge is 0.390 e. The lowest BCUT2D eigenvalue weighted by Crippen LogP contribution is -2.59. The van der Waals surface area contributed by atoms with Gasteiger partial charge < -0.3 is 15.7 Å². The van der Waals surface area contributed by atoms with E-state index in [1.807, 2.05) is 24.4 Å². The molecule has 0 aliphatic heterocycles. The standard InChI is InChI=1S/C21H24N6O/c28-21-9-12-6-13(10-21)19(14(7-12)11-21)26-20-15-2-1-4-22-16(15)8-18(25-20)24-17-3-5-23-27-17/h1-5,8,12-14,19,28H,6-7,9-11H2,(H3,23,24,25,26,27). The number of aromatic nitrogens is 4. The second kappa shape index (κ2) is 5.91. The highest BCUT2D eigenvalue weighted by Gasteiger charge is 2.54. The summed E-state index contributed by atoms with van der Waals surface area (Å²) < 4.78 is 0. The van der Waals surface area contributed by atoms with Crippen molar-refractivity contribution in [2.75, 3.05) is 10.6 Å². The zero-order valence-corrected chi connectivity index (χ0v) is 15.6. The van der Waals surface area contributed by atoms with Gasteiger partial charge in [-0.05, 0) is 62.0 Å². The number of anilines is 3. The summed E-state index contributed by atoms with van der Waals surface area (Å²) in [4.78, 5) is 9.41. The van der Waals surface area contributed by atoms with E-state index >= 15 is 0 Å². The Morgan fingerprint density at radius 3 is 2.71 bits per heavy atom. The van der Waals surface area contributed by atoms with Gasteiger partial charge in [-0.25, -0.2) is 4.98 Å². The second-order valence-electron chi connectivity index (χ2n) is 8.89. The third-order valence-electron chi connectivity index (χ3n) is 6.91. The molecule has 4 N–H and O–H groups in total. The molecule has 0 spiro atoms. The van der Waals surface area contributed by atoms with Crippen LogP contribution in [0.3, 0.4) is 0 Å². The fraction of sp³-hybridized carbons (Fsp3) is 0.476. The summed E-state index contributed by atoms with van der Waals surface area (Å²) in [6.45, 7) is 0. The fourth-order valence-corrected chi connectivity index (χ4v) is 6.09. The molecule has 3 aromatic heterocycles. The Balaban J connectivity index is 1.35. The third kappa shape index (κ3) is 2.64. The first-order chi connectivity index (χ1) is 13.7. The quantitative estimate of drug-likeness (QED) is 0.557. The van der Waals surface area contributed by atoms with Crippen molar-refractivity contribution in [3.8, 4) is 0 Å². The van der Waals surface area contributed by atoms with Crippen LogP contribution in [0.25, 0.3) is 10.9 Å². The van der Waals surface area contributed by atoms with Crippen LogP contribution in [0.4, 0.5) is 17.5 Å². The van der Waals surface area contributed by atoms with Crippen LogP contribution in [0, 0.1) is 17.8 Å². The van der Waals surface area contributed by atoms with Gasteiger partial charge in [-0.1, -0.05) is 0 Å². The van der Waals surface area contributed by atoms with Crippen molar-refractivity contribution in [1.82, 2.24) is 20.2 Å². The molecule has 7 rings (SSSR count). The van der Waals surface area contributed by atoms with E-state index in [1.165, 1.54) is 12.8 Å². The van der Waals surface area contributed by atoms with Crippen LogP contribution in [0.15, 0.2) is 36.7 Å². The first-order valence-corrected chi connectivity index (χ1v) is 10.2. The van der Waals surface area contributed by atoms with Crippen molar-refractivity contribution in [3.63, 3.8) is 0 Å². The van der Waals surface area contributed by atoms with Crippen LogP contribution in [0.2, 0.25) is 0 Å². The van der Waals surface area contributed by atoms with E-state index in [-0.39, 0.29) is 0 Å². The zero-order valence-electron chi connectivity index (χ0n) is 15.6. The molecule has 0 saturated heterocycles. The molecule has 4 fully saturated rings. The highest BCUT2D eigenvalue weighted by molar-refractivity contribution is 5.91. The Bertz CT molecular complexity index is 1000. The lowest BCUT2D eigenvalue weighted by atomic mass is 9.52. The van der Waals surface area contributed by atoms with Crippen LogP contribution >= 0.6 is 0 Å². The summed E-state index contributed by atoms with van der Waals surface area (Å²) in [6, 6.07) is 8.23. The number of aliphatic hydroxyl groups is 1. The lowest BCUT2D eigenvalue weighted by Gasteiger charge is -2.58. The predicted molar refractivity (Wildman–Crippen MR) is 107 cm³/mol. The van der Waals surface area contributed by atoms with Crippen molar-refractivity contribution < 1.29 is 5.11 Å². The average molecular weight is 376 g/mol. The van der Waals surface area contributed by atoms with Crippen LogP contribution in [-0.2, 0) is 0 Å². The molecule has 2 atom stereocenters. The highest BCUT2D eigenvalue weighted by Crippen LogP contribution is 2.56. The number of nitrogens with zero attached hydrogens (tertiary/aromatic N) is 3. The number of hydrogen-bond donors (Lipinski definition) is 4. The van der Waals surface area contributed by atoms with Crippen LogP contribution in [-0.4, -0.2) is 36.9 Å². The molecule has 2 unspecified atom stereocenters. The number of fused-ring (bicyclic) bond motifs is 1. The van der Waals surface area contributed by atoms with Crippen molar-refractivity contribution in [3.05, 3.63) is 36.7 Å². The maximum Gasteiger partial charge on any atom is 0.138 e. The van der Waals surface area contributed by atoms with Crippen molar-refractivity contribution in [1.29, 1.82) is 0 Å². The van der Waals surface area contributed by atoms with Gasteiger partial charge in [0.25, 0.3) is 0 Å². The summed E-state index contributed by atoms with van der Waals surface area (Å²) in [5, 5.41) is 25.9. The van der Waals surface area contributed by atoms with Crippen LogP contribution in [0.1, 0.15) is 32.1 Å². The smallest absolute Gasteiger partial charge is 0.138 e.